The summed E-state index contributed by atoms with van der Waals surface area (Å²) in [5.74, 6) is 0.858. The molecule has 0 spiro atoms. The highest BCUT2D eigenvalue weighted by Crippen LogP contribution is 2.31. The second-order valence-electron chi connectivity index (χ2n) is 7.33. The van der Waals surface area contributed by atoms with Crippen LogP contribution >= 0.6 is 0 Å². The van der Waals surface area contributed by atoms with E-state index in [1.54, 1.807) is 29.1 Å². The number of hydrogen-bond acceptors (Lipinski definition) is 6. The molecule has 1 aliphatic rings. The summed E-state index contributed by atoms with van der Waals surface area (Å²) in [4.78, 5) is 23.6. The van der Waals surface area contributed by atoms with E-state index in [2.05, 4.69) is 30.5 Å². The van der Waals surface area contributed by atoms with Gasteiger partial charge in [0.1, 0.15) is 5.76 Å². The molecule has 0 aliphatic carbocycles. The maximum atomic E-state index is 13.0. The van der Waals surface area contributed by atoms with E-state index < -0.39 is 0 Å². The number of aromatic nitrogens is 3. The number of carbonyl (C=O) groups excluding carboxylic acids is 1. The van der Waals surface area contributed by atoms with Gasteiger partial charge in [0.25, 0.3) is 5.91 Å². The molecule has 0 unspecified atom stereocenters. The highest BCUT2D eigenvalue weighted by molar-refractivity contribution is 6.12. The molecular weight excluding hydrogens is 406 g/mol. The van der Waals surface area contributed by atoms with Gasteiger partial charge in [0.2, 0.25) is 5.88 Å². The van der Waals surface area contributed by atoms with Gasteiger partial charge in [0, 0.05) is 19.0 Å². The Balaban J connectivity index is 0.00000114. The molecule has 0 atom stereocenters. The van der Waals surface area contributed by atoms with Crippen molar-refractivity contribution in [3.05, 3.63) is 59.2 Å². The zero-order chi connectivity index (χ0) is 23.8. The minimum atomic E-state index is -0.0670. The molecule has 1 amide bonds. The predicted molar refractivity (Wildman–Crippen MR) is 128 cm³/mol. The summed E-state index contributed by atoms with van der Waals surface area (Å²) >= 11 is 0. The van der Waals surface area contributed by atoms with Gasteiger partial charge in [-0.15, -0.1) is 0 Å². The van der Waals surface area contributed by atoms with E-state index in [4.69, 9.17) is 14.5 Å². The predicted octanol–water partition coefficient (Wildman–Crippen LogP) is 4.75. The van der Waals surface area contributed by atoms with Crippen LogP contribution in [0.1, 0.15) is 61.4 Å². The highest BCUT2D eigenvalue weighted by Gasteiger charge is 2.33. The van der Waals surface area contributed by atoms with Gasteiger partial charge in [-0.1, -0.05) is 20.3 Å². The third-order valence-corrected chi connectivity index (χ3v) is 4.85. The zero-order valence-corrected chi connectivity index (χ0v) is 20.1. The van der Waals surface area contributed by atoms with Crippen LogP contribution in [0.25, 0.3) is 5.57 Å². The maximum Gasteiger partial charge on any atom is 0.260 e. The van der Waals surface area contributed by atoms with E-state index in [1.807, 2.05) is 33.0 Å². The number of amides is 1. The van der Waals surface area contributed by atoms with Crippen molar-refractivity contribution in [3.63, 3.8) is 0 Å². The standard InChI is InChI=1S/C21H25N5O3.C3H8/c1-7-25-11-16(9-23-25)26-12-19-20(21(26)27)13(2)8-18(24-19)17(14(3)28-5)10-22-15(4)29-6;1-3-2/h8-11H,4,7,12H2,1-3,5-6H3;3H2,1-2H3/b17-14-,22-10-;. The summed E-state index contributed by atoms with van der Waals surface area (Å²) in [5, 5.41) is 4.27. The fourth-order valence-corrected chi connectivity index (χ4v) is 3.15. The van der Waals surface area contributed by atoms with Crippen molar-refractivity contribution in [1.82, 2.24) is 14.8 Å². The van der Waals surface area contributed by atoms with Gasteiger partial charge in [0.15, 0.2) is 0 Å². The van der Waals surface area contributed by atoms with Crippen molar-refractivity contribution in [2.24, 2.45) is 4.99 Å². The number of pyridine rings is 1. The number of methoxy groups -OCH3 is 2. The molecule has 32 heavy (non-hydrogen) atoms. The van der Waals surface area contributed by atoms with Gasteiger partial charge >= 0.3 is 0 Å². The lowest BCUT2D eigenvalue weighted by Gasteiger charge is -2.12. The molecular formula is C24H33N5O3. The molecule has 0 N–H and O–H groups in total. The van der Waals surface area contributed by atoms with Gasteiger partial charge in [-0.3, -0.25) is 14.4 Å². The van der Waals surface area contributed by atoms with Crippen LogP contribution in [0.5, 0.6) is 0 Å². The Morgan fingerprint density at radius 2 is 1.97 bits per heavy atom. The monoisotopic (exact) mass is 439 g/mol. The molecule has 1 aliphatic heterocycles. The smallest absolute Gasteiger partial charge is 0.260 e. The van der Waals surface area contributed by atoms with Gasteiger partial charge in [0.05, 0.1) is 55.2 Å². The SMILES string of the molecule is C=C(/N=C\C(=C(/C)OC)c1cc(C)c2c(n1)CN(c1cnn(CC)c1)C2=O)OC.CCC. The van der Waals surface area contributed by atoms with Crippen LogP contribution in [0.4, 0.5) is 5.69 Å². The van der Waals surface area contributed by atoms with Crippen LogP contribution < -0.4 is 4.90 Å². The number of hydrogen-bond donors (Lipinski definition) is 0. The third kappa shape index (κ3) is 5.43. The topological polar surface area (TPSA) is 81.8 Å². The fourth-order valence-electron chi connectivity index (χ4n) is 3.15. The molecule has 8 nitrogen and oxygen atoms in total. The molecule has 8 heteroatoms. The van der Waals surface area contributed by atoms with E-state index in [1.165, 1.54) is 13.5 Å². The first-order valence-corrected chi connectivity index (χ1v) is 10.7. The molecule has 3 rings (SSSR count). The van der Waals surface area contributed by atoms with Crippen LogP contribution in [-0.4, -0.2) is 41.1 Å². The molecule has 2 aromatic rings. The Morgan fingerprint density at radius 3 is 2.53 bits per heavy atom. The number of aryl methyl sites for hydroxylation is 2. The molecule has 0 radical (unpaired) electrons. The second kappa shape index (κ2) is 11.3. The Kier molecular flexibility index (Phi) is 8.75. The maximum absolute atomic E-state index is 13.0. The molecule has 172 valence electrons. The summed E-state index contributed by atoms with van der Waals surface area (Å²) < 4.78 is 12.2. The van der Waals surface area contributed by atoms with Gasteiger partial charge in [-0.2, -0.15) is 5.10 Å². The summed E-state index contributed by atoms with van der Waals surface area (Å²) in [6.45, 7) is 14.8. The van der Waals surface area contributed by atoms with Crippen LogP contribution in [0.3, 0.4) is 0 Å². The minimum absolute atomic E-state index is 0.0670. The van der Waals surface area contributed by atoms with Crippen molar-refractivity contribution in [2.75, 3.05) is 19.1 Å². The molecule has 0 fully saturated rings. The number of rotatable bonds is 7. The van der Waals surface area contributed by atoms with Crippen molar-refractivity contribution >= 4 is 23.4 Å². The second-order valence-corrected chi connectivity index (χ2v) is 7.33. The van der Waals surface area contributed by atoms with Gasteiger partial charge in [-0.05, 0) is 39.0 Å². The third-order valence-electron chi connectivity index (χ3n) is 4.85. The lowest BCUT2D eigenvalue weighted by atomic mass is 10.0. The Hall–Kier alpha value is -3.42. The summed E-state index contributed by atoms with van der Waals surface area (Å²) in [6, 6.07) is 1.87. The Labute approximate surface area is 190 Å². The minimum Gasteiger partial charge on any atom is -0.501 e. The van der Waals surface area contributed by atoms with E-state index >= 15 is 0 Å². The van der Waals surface area contributed by atoms with Crippen LogP contribution in [0, 0.1) is 6.92 Å². The van der Waals surface area contributed by atoms with Crippen molar-refractivity contribution in [2.45, 2.75) is 54.1 Å². The van der Waals surface area contributed by atoms with Gasteiger partial charge in [-0.25, -0.2) is 9.98 Å². The first-order valence-electron chi connectivity index (χ1n) is 10.7. The van der Waals surface area contributed by atoms with Crippen LogP contribution in [0.2, 0.25) is 0 Å². The van der Waals surface area contributed by atoms with E-state index in [9.17, 15) is 4.79 Å². The van der Waals surface area contributed by atoms with Crippen molar-refractivity contribution in [3.8, 4) is 0 Å². The summed E-state index contributed by atoms with van der Waals surface area (Å²) in [5.41, 5.74) is 4.33. The number of anilines is 1. The number of fused-ring (bicyclic) bond motifs is 1. The fraction of sp³-hybridized carbons (Fsp3) is 0.417. The van der Waals surface area contributed by atoms with E-state index in [-0.39, 0.29) is 11.8 Å². The molecule has 3 heterocycles. The number of carbonyl (C=O) groups is 1. The molecule has 0 saturated carbocycles. The van der Waals surface area contributed by atoms with Crippen molar-refractivity contribution < 1.29 is 14.3 Å². The number of aliphatic imine (C=N–C) groups is 1. The lowest BCUT2D eigenvalue weighted by molar-refractivity contribution is 0.0996. The Morgan fingerprint density at radius 1 is 1.28 bits per heavy atom. The van der Waals surface area contributed by atoms with Gasteiger partial charge < -0.3 is 9.47 Å². The molecule has 0 aromatic carbocycles. The number of ether oxygens (including phenoxy) is 2. The number of allylic oxidation sites excluding steroid dienone is 2. The average molecular weight is 440 g/mol. The lowest BCUT2D eigenvalue weighted by Crippen LogP contribution is -2.22. The first kappa shape index (κ1) is 24.8. The largest absolute Gasteiger partial charge is 0.501 e. The number of nitrogens with zero attached hydrogens (tertiary/aromatic N) is 5. The van der Waals surface area contributed by atoms with E-state index in [0.29, 0.717) is 29.1 Å². The van der Waals surface area contributed by atoms with Crippen LogP contribution in [0.15, 0.2) is 41.7 Å². The van der Waals surface area contributed by atoms with E-state index in [0.717, 1.165) is 23.5 Å². The Bertz CT molecular complexity index is 1040. The average Bonchev–Trinajstić information content (AvgIpc) is 3.38. The molecule has 2 aromatic heterocycles. The normalized spacial score (nSPS) is 13.5. The summed E-state index contributed by atoms with van der Waals surface area (Å²) in [6.07, 6.45) is 6.43. The zero-order valence-electron chi connectivity index (χ0n) is 20.1. The quantitative estimate of drug-likeness (QED) is 0.459. The first-order chi connectivity index (χ1) is 15.3. The van der Waals surface area contributed by atoms with Crippen molar-refractivity contribution in [1.29, 1.82) is 0 Å². The molecule has 0 saturated heterocycles. The van der Waals surface area contributed by atoms with Crippen LogP contribution in [-0.2, 0) is 22.6 Å². The summed E-state index contributed by atoms with van der Waals surface area (Å²) in [7, 11) is 3.09. The molecule has 0 bridgehead atoms. The highest BCUT2D eigenvalue weighted by atomic mass is 16.5.